The van der Waals surface area contributed by atoms with Crippen molar-refractivity contribution in [1.82, 2.24) is 46.2 Å². The molecule has 1 saturated carbocycles. The number of nitrogens with one attached hydrogen (secondary N) is 5. The normalized spacial score (nSPS) is 18.0. The summed E-state index contributed by atoms with van der Waals surface area (Å²) in [5.41, 5.74) is -3.82. The summed E-state index contributed by atoms with van der Waals surface area (Å²) in [5, 5.41) is 16.5. The molecule has 1 aliphatic carbocycles. The fraction of sp³-hybridized carbons (Fsp3) is 0.726. The van der Waals surface area contributed by atoms with Gasteiger partial charge in [0, 0.05) is 84.2 Å². The highest BCUT2D eigenvalue weighted by molar-refractivity contribution is 5.90. The van der Waals surface area contributed by atoms with E-state index in [1.807, 2.05) is 124 Å². The van der Waals surface area contributed by atoms with Gasteiger partial charge < -0.3 is 55.0 Å². The van der Waals surface area contributed by atoms with E-state index in [-0.39, 0.29) is 88.0 Å². The zero-order valence-corrected chi connectivity index (χ0v) is 62.2. The van der Waals surface area contributed by atoms with Crippen LogP contribution in [0.1, 0.15) is 188 Å². The third-order valence-electron chi connectivity index (χ3n) is 15.6. The van der Waals surface area contributed by atoms with E-state index in [1.165, 1.54) is 0 Å². The molecule has 4 rings (SSSR count). The molecule has 2 fully saturated rings. The van der Waals surface area contributed by atoms with Crippen molar-refractivity contribution in [2.75, 3.05) is 91.6 Å². The van der Waals surface area contributed by atoms with Crippen molar-refractivity contribution in [3.05, 3.63) is 48.0 Å². The third kappa shape index (κ3) is 35.7. The topological polar surface area (TPSA) is 299 Å². The molecule has 0 bridgehead atoms. The van der Waals surface area contributed by atoms with E-state index in [0.717, 1.165) is 16.3 Å². The molecule has 0 unspecified atom stereocenters. The van der Waals surface area contributed by atoms with Crippen LogP contribution >= 0.6 is 0 Å². The first kappa shape index (κ1) is 83.5. The lowest BCUT2D eigenvalue weighted by Crippen LogP contribution is -2.53. The average molecular weight is 1380 g/mol. The number of benzene rings is 2. The second kappa shape index (κ2) is 38.0. The van der Waals surface area contributed by atoms with Gasteiger partial charge in [0.15, 0.2) is 0 Å². The van der Waals surface area contributed by atoms with Crippen molar-refractivity contribution in [1.29, 1.82) is 0 Å². The Kier molecular flexibility index (Phi) is 32.4. The fourth-order valence-corrected chi connectivity index (χ4v) is 11.2. The summed E-state index contributed by atoms with van der Waals surface area (Å²) in [4.78, 5) is 143. The molecule has 1 heterocycles. The van der Waals surface area contributed by atoms with Gasteiger partial charge >= 0.3 is 41.8 Å². The Balaban J connectivity index is 1.41. The molecule has 25 nitrogen and oxygen atoms in total. The number of ether oxygens (including phenoxy) is 6. The maximum absolute atomic E-state index is 14.2. The number of amides is 5. The quantitative estimate of drug-likeness (QED) is 0.0336. The van der Waals surface area contributed by atoms with Gasteiger partial charge in [0.25, 0.3) is 0 Å². The number of carbonyl (C=O) groups excluding carboxylic acids is 10. The predicted molar refractivity (Wildman–Crippen MR) is 374 cm³/mol. The van der Waals surface area contributed by atoms with Crippen molar-refractivity contribution >= 4 is 70.3 Å². The molecule has 2 aliphatic rings. The van der Waals surface area contributed by atoms with Crippen LogP contribution in [0.3, 0.4) is 0 Å². The molecule has 5 N–H and O–H groups in total. The van der Waals surface area contributed by atoms with Crippen LogP contribution in [0.2, 0.25) is 0 Å². The third-order valence-corrected chi connectivity index (χ3v) is 15.6. The molecule has 25 heteroatoms. The zero-order chi connectivity index (χ0) is 73.4. The van der Waals surface area contributed by atoms with Crippen molar-refractivity contribution in [3.63, 3.8) is 0 Å². The first-order valence-electron chi connectivity index (χ1n) is 35.0. The molecule has 98 heavy (non-hydrogen) atoms. The van der Waals surface area contributed by atoms with Crippen LogP contribution in [0.5, 0.6) is 0 Å². The summed E-state index contributed by atoms with van der Waals surface area (Å²) in [6.45, 7) is 35.5. The Morgan fingerprint density at radius 3 is 1.29 bits per heavy atom. The average Bonchev–Trinajstić information content (AvgIpc) is 0.835. The number of fused-ring (bicyclic) bond motifs is 1. The monoisotopic (exact) mass is 1380 g/mol. The lowest BCUT2D eigenvalue weighted by molar-refractivity contribution is -0.159. The molecule has 1 aliphatic heterocycles. The minimum atomic E-state index is -1.26. The smallest absolute Gasteiger partial charge is 0.329 e. The number of carbonyl (C=O) groups is 10. The Morgan fingerprint density at radius 2 is 0.847 bits per heavy atom. The van der Waals surface area contributed by atoms with Crippen molar-refractivity contribution in [2.24, 2.45) is 11.8 Å². The van der Waals surface area contributed by atoms with Gasteiger partial charge in [-0.1, -0.05) is 42.5 Å². The lowest BCUT2D eigenvalue weighted by Gasteiger charge is -2.34. The second-order valence-electron chi connectivity index (χ2n) is 32.0. The minimum absolute atomic E-state index is 0.00158. The lowest BCUT2D eigenvalue weighted by atomic mass is 9.81. The van der Waals surface area contributed by atoms with E-state index < -0.39 is 93.5 Å². The molecule has 1 saturated heterocycles. The molecule has 0 aromatic heterocycles. The van der Waals surface area contributed by atoms with Crippen LogP contribution in [-0.4, -0.2) is 223 Å². The summed E-state index contributed by atoms with van der Waals surface area (Å²) in [7, 11) is 0. The number of hydrogen-bond donors (Lipinski definition) is 5. The summed E-state index contributed by atoms with van der Waals surface area (Å²) >= 11 is 0. The van der Waals surface area contributed by atoms with Crippen molar-refractivity contribution < 1.29 is 76.4 Å². The summed E-state index contributed by atoms with van der Waals surface area (Å²) in [6, 6.07) is 9.59. The zero-order valence-electron chi connectivity index (χ0n) is 62.2. The Morgan fingerprint density at radius 1 is 0.439 bits per heavy atom. The molecule has 552 valence electrons. The van der Waals surface area contributed by atoms with Crippen molar-refractivity contribution in [3.8, 4) is 0 Å². The Bertz CT molecular complexity index is 2920. The highest BCUT2D eigenvalue weighted by Gasteiger charge is 2.34. The highest BCUT2D eigenvalue weighted by atomic mass is 16.6. The van der Waals surface area contributed by atoms with E-state index in [9.17, 15) is 47.9 Å². The van der Waals surface area contributed by atoms with E-state index in [4.69, 9.17) is 28.4 Å². The SMILES string of the molecule is CC(C)(C)OC(=O)CC[C@H](NC(=O)N[C@@H](CCCCNC(=O)[C@H](Cc1ccc2ccccc2c1)NC(=O)C1CCC(CNC(=O)CN2CCN(CC(=O)OC(C)(C)C)CCN(CC(=O)OC(C)(C)C)CCN(CC(=O)OC(C)(C)C)CC2)CC1)C(=O)OC(C)(C)C)C(=O)OC(C)(C)C. The summed E-state index contributed by atoms with van der Waals surface area (Å²) in [6.07, 6.45) is 3.10. The van der Waals surface area contributed by atoms with Gasteiger partial charge in [-0.25, -0.2) is 14.4 Å². The highest BCUT2D eigenvalue weighted by Crippen LogP contribution is 2.29. The Hall–Kier alpha value is -6.96. The number of esters is 6. The first-order valence-corrected chi connectivity index (χ1v) is 35.0. The molecule has 0 spiro atoms. The number of hydrogen-bond acceptors (Lipinski definition) is 20. The van der Waals surface area contributed by atoms with Crippen LogP contribution in [0.15, 0.2) is 42.5 Å². The van der Waals surface area contributed by atoms with Gasteiger partial charge in [-0.2, -0.15) is 0 Å². The summed E-state index contributed by atoms with van der Waals surface area (Å²) < 4.78 is 33.8. The number of rotatable bonds is 27. The first-order chi connectivity index (χ1) is 45.3. The van der Waals surface area contributed by atoms with Gasteiger partial charge in [-0.3, -0.25) is 53.2 Å². The van der Waals surface area contributed by atoms with Crippen LogP contribution in [0.4, 0.5) is 4.79 Å². The van der Waals surface area contributed by atoms with Crippen LogP contribution in [0, 0.1) is 11.8 Å². The van der Waals surface area contributed by atoms with E-state index >= 15 is 0 Å². The standard InChI is InChI=1S/C73H119N9O16/c1-68(2,3)93-59(84)33-32-56(66(91)98-73(16,17)18)78-67(92)77-55(65(90)97-72(13,14)15)25-21-22-34-74-64(89)57(44-51-28-29-52-23-19-20-24-54(52)43-51)76-63(88)53-30-26-50(27-31-53)45-75-58(83)46-79-35-37-80(47-60(85)94-69(4,5)6)39-41-82(49-62(87)96-71(10,11)12)42-40-81(38-36-79)48-61(86)95-70(7,8)9/h19-20,23-24,28-29,43,50,53,55-57H,21-22,25-27,30-42,44-49H2,1-18H3,(H,74,89)(H,75,83)(H,76,88)(H2,77,78,92)/t50?,53?,55-,56-,57-/m0/s1. The molecule has 2 aromatic rings. The largest absolute Gasteiger partial charge is 0.460 e. The molecule has 0 radical (unpaired) electrons. The Labute approximate surface area is 582 Å². The van der Waals surface area contributed by atoms with Gasteiger partial charge in [-0.15, -0.1) is 0 Å². The number of nitrogens with zero attached hydrogens (tertiary/aromatic N) is 4. The maximum Gasteiger partial charge on any atom is 0.329 e. The molecule has 2 aromatic carbocycles. The van der Waals surface area contributed by atoms with E-state index in [2.05, 4.69) is 26.6 Å². The van der Waals surface area contributed by atoms with Crippen LogP contribution in [0.25, 0.3) is 10.8 Å². The van der Waals surface area contributed by atoms with Gasteiger partial charge in [0.05, 0.1) is 26.2 Å². The molecular formula is C73H119N9O16. The van der Waals surface area contributed by atoms with Gasteiger partial charge in [0.1, 0.15) is 51.7 Å². The van der Waals surface area contributed by atoms with Crippen LogP contribution in [-0.2, 0) is 78.0 Å². The molecular weight excluding hydrogens is 1260 g/mol. The number of unbranched alkanes of at least 4 members (excludes halogenated alkanes) is 1. The second-order valence-corrected chi connectivity index (χ2v) is 32.0. The summed E-state index contributed by atoms with van der Waals surface area (Å²) in [5.74, 6) is -4.35. The predicted octanol–water partition coefficient (Wildman–Crippen LogP) is 7.16. The van der Waals surface area contributed by atoms with Gasteiger partial charge in [-0.05, 0) is 198 Å². The number of urea groups is 1. The van der Waals surface area contributed by atoms with Crippen molar-refractivity contribution in [2.45, 2.75) is 241 Å². The molecule has 3 atom stereocenters. The van der Waals surface area contributed by atoms with E-state index in [1.54, 1.807) is 62.3 Å². The maximum atomic E-state index is 14.2. The van der Waals surface area contributed by atoms with E-state index in [0.29, 0.717) is 97.4 Å². The fourth-order valence-electron chi connectivity index (χ4n) is 11.2. The minimum Gasteiger partial charge on any atom is -0.460 e. The van der Waals surface area contributed by atoms with Gasteiger partial charge in [0.2, 0.25) is 17.7 Å². The molecule has 5 amide bonds. The van der Waals surface area contributed by atoms with Crippen LogP contribution < -0.4 is 26.6 Å².